The number of amides is 5. The van der Waals surface area contributed by atoms with Gasteiger partial charge >= 0.3 is 30.9 Å². The van der Waals surface area contributed by atoms with Crippen LogP contribution in [0.4, 0.5) is 83.4 Å². The highest BCUT2D eigenvalue weighted by molar-refractivity contribution is 6.01. The van der Waals surface area contributed by atoms with Crippen LogP contribution in [0.25, 0.3) is 54.5 Å². The first kappa shape index (κ1) is 108. The third-order valence-corrected chi connectivity index (χ3v) is 24.8. The lowest BCUT2D eigenvalue weighted by molar-refractivity contribution is -0.150. The van der Waals surface area contributed by atoms with Crippen molar-refractivity contribution in [3.8, 4) is 0 Å². The summed E-state index contributed by atoms with van der Waals surface area (Å²) in [5.41, 5.74) is -3.17. The molecule has 3 aliphatic carbocycles. The van der Waals surface area contributed by atoms with Crippen LogP contribution in [0.1, 0.15) is 251 Å². The van der Waals surface area contributed by atoms with Crippen molar-refractivity contribution >= 4 is 84.1 Å². The molecule has 5 atom stereocenters. The number of carbonyl (C=O) groups excluding carboxylic acids is 5. The Labute approximate surface area is 796 Å². The van der Waals surface area contributed by atoms with Gasteiger partial charge in [-0.3, -0.25) is 48.9 Å². The van der Waals surface area contributed by atoms with Crippen molar-refractivity contribution in [2.45, 2.75) is 261 Å². The molecule has 17 nitrogen and oxygen atoms in total. The van der Waals surface area contributed by atoms with Gasteiger partial charge in [0.2, 0.25) is 11.9 Å². The van der Waals surface area contributed by atoms with Crippen LogP contribution in [0.15, 0.2) is 201 Å². The molecule has 3 aliphatic rings. The molecular weight excluding hydrogens is 1860 g/mol. The first-order chi connectivity index (χ1) is 65.7. The number of halogens is 19. The Kier molecular flexibility index (Phi) is 35.6. The van der Waals surface area contributed by atoms with E-state index in [0.29, 0.717) is 34.5 Å². The van der Waals surface area contributed by atoms with Gasteiger partial charge < -0.3 is 26.6 Å². The summed E-state index contributed by atoms with van der Waals surface area (Å²) in [5.74, 6) is -5.23. The lowest BCUT2D eigenvalue weighted by atomic mass is 9.78. The van der Waals surface area contributed by atoms with E-state index in [0.717, 1.165) is 142 Å². The van der Waals surface area contributed by atoms with Gasteiger partial charge in [0.05, 0.1) is 87.5 Å². The van der Waals surface area contributed by atoms with Crippen molar-refractivity contribution < 1.29 is 107 Å². The van der Waals surface area contributed by atoms with E-state index in [-0.39, 0.29) is 87.3 Å². The molecule has 15 rings (SSSR count). The highest BCUT2D eigenvalue weighted by Crippen LogP contribution is 2.42. The van der Waals surface area contributed by atoms with Gasteiger partial charge in [-0.15, -0.1) is 0 Å². The normalized spacial score (nSPS) is 16.4. The summed E-state index contributed by atoms with van der Waals surface area (Å²) >= 11 is 0. The number of rotatable bonds is 25. The Morgan fingerprint density at radius 2 is 0.543 bits per heavy atom. The molecular formula is C104H109F19N12O5. The van der Waals surface area contributed by atoms with E-state index in [2.05, 4.69) is 61.5 Å². The summed E-state index contributed by atoms with van der Waals surface area (Å²) in [5, 5.41) is 15.8. The number of hydrogen-bond acceptors (Lipinski definition) is 12. The Balaban J connectivity index is 0.000000167. The Hall–Kier alpha value is -12.5. The lowest BCUT2D eigenvalue weighted by Crippen LogP contribution is -2.50. The minimum atomic E-state index is -4.58. The maximum Gasteiger partial charge on any atom is 0.391 e. The summed E-state index contributed by atoms with van der Waals surface area (Å²) in [6.07, 6.45) is -5.99. The summed E-state index contributed by atoms with van der Waals surface area (Å²) in [6, 6.07) is 44.0. The topological polar surface area (TPSA) is 236 Å². The highest BCUT2D eigenvalue weighted by atomic mass is 19.4. The van der Waals surface area contributed by atoms with Gasteiger partial charge in [-0.05, 0) is 163 Å². The average molecular weight is 1970 g/mol. The summed E-state index contributed by atoms with van der Waals surface area (Å²) in [4.78, 5) is 91.2. The number of aryl methyl sites for hydroxylation is 1. The van der Waals surface area contributed by atoms with Crippen LogP contribution >= 0.6 is 0 Å². The molecule has 5 N–H and O–H groups in total. The third kappa shape index (κ3) is 33.6. The van der Waals surface area contributed by atoms with Gasteiger partial charge in [0.15, 0.2) is 0 Å². The lowest BCUT2D eigenvalue weighted by Gasteiger charge is -2.36. The number of nitrogens with one attached hydrogen (secondary N) is 5. The highest BCUT2D eigenvalue weighted by Gasteiger charge is 2.47. The molecule has 5 unspecified atom stereocenters. The van der Waals surface area contributed by atoms with Gasteiger partial charge in [-0.25, -0.2) is 18.7 Å². The predicted molar refractivity (Wildman–Crippen MR) is 495 cm³/mol. The molecule has 3 fully saturated rings. The van der Waals surface area contributed by atoms with Crippen molar-refractivity contribution in [1.82, 2.24) is 61.5 Å². The quantitative estimate of drug-likeness (QED) is 0.0265. The number of hydrogen-bond donors (Lipinski definition) is 5. The SMILES string of the molecule is CC(CC1CCCCC1)(CC(F)(F)F)NC(=O)c1cnc2c(F)cccc2c1.CC(CC1CCCCC1)(CC(F)(F)F)NC(=O)c1cnc2ccccc2c1.CC(Cc1cccc(F)n1)(CC(F)(F)F)NC(=O)c1cnc2c(F)cccc2c1.CC(Cc1cccc(F)n1)(CC(F)(F)F)NC(=O)c1cnc2ccccc2c1.Cc1cccc2cc(C(=O)NC(C)(CC3CCCCC3)CC(F)(F)F)cnc12. The zero-order valence-electron chi connectivity index (χ0n) is 77.8. The largest absolute Gasteiger partial charge is 0.391 e. The Bertz CT molecular complexity index is 6140. The Morgan fingerprint density at radius 3 is 0.850 bits per heavy atom. The third-order valence-electron chi connectivity index (χ3n) is 24.8. The summed E-state index contributed by atoms with van der Waals surface area (Å²) in [6.45, 7) is 8.90. The molecule has 140 heavy (non-hydrogen) atoms. The van der Waals surface area contributed by atoms with E-state index in [4.69, 9.17) is 0 Å². The predicted octanol–water partition coefficient (Wildman–Crippen LogP) is 26.4. The van der Waals surface area contributed by atoms with Crippen LogP contribution in [0.2, 0.25) is 0 Å². The number of alkyl halides is 15. The molecule has 5 amide bonds. The maximum absolute atomic E-state index is 13.7. The van der Waals surface area contributed by atoms with Crippen molar-refractivity contribution in [1.29, 1.82) is 0 Å². The number of aromatic nitrogens is 7. The second-order valence-corrected chi connectivity index (χ2v) is 38.2. The average Bonchev–Trinajstić information content (AvgIpc) is 0.808. The number of nitrogens with zero attached hydrogens (tertiary/aromatic N) is 7. The molecule has 7 aromatic heterocycles. The number of pyridine rings is 7. The fourth-order valence-corrected chi connectivity index (χ4v) is 19.1. The first-order valence-corrected chi connectivity index (χ1v) is 46.1. The molecule has 0 spiro atoms. The van der Waals surface area contributed by atoms with Crippen LogP contribution in [0, 0.1) is 48.2 Å². The van der Waals surface area contributed by atoms with Gasteiger partial charge in [0.1, 0.15) is 22.7 Å². The van der Waals surface area contributed by atoms with Gasteiger partial charge in [0, 0.05) is 98.8 Å². The summed E-state index contributed by atoms with van der Waals surface area (Å²) in [7, 11) is 0. The minimum Gasteiger partial charge on any atom is -0.346 e. The van der Waals surface area contributed by atoms with Crippen LogP contribution in [-0.2, 0) is 12.8 Å². The molecule has 0 aliphatic heterocycles. The van der Waals surface area contributed by atoms with E-state index in [1.54, 1.807) is 48.5 Å². The van der Waals surface area contributed by atoms with Crippen molar-refractivity contribution in [3.05, 3.63) is 269 Å². The van der Waals surface area contributed by atoms with Crippen molar-refractivity contribution in [3.63, 3.8) is 0 Å². The van der Waals surface area contributed by atoms with E-state index in [1.807, 2.05) is 49.4 Å². The molecule has 7 heterocycles. The van der Waals surface area contributed by atoms with Crippen molar-refractivity contribution in [2.75, 3.05) is 0 Å². The molecule has 3 saturated carbocycles. The minimum absolute atomic E-state index is 0.0244. The molecule has 0 radical (unpaired) electrons. The number of benzene rings is 5. The monoisotopic (exact) mass is 1970 g/mol. The zero-order valence-corrected chi connectivity index (χ0v) is 77.8. The molecule has 0 saturated heterocycles. The number of fused-ring (bicyclic) bond motifs is 5. The van der Waals surface area contributed by atoms with Crippen LogP contribution in [0.5, 0.6) is 0 Å². The molecule has 0 bridgehead atoms. The fourth-order valence-electron chi connectivity index (χ4n) is 19.1. The molecule has 5 aromatic carbocycles. The first-order valence-electron chi connectivity index (χ1n) is 46.1. The zero-order chi connectivity index (χ0) is 102. The van der Waals surface area contributed by atoms with E-state index in [9.17, 15) is 107 Å². The molecule has 36 heteroatoms. The smallest absolute Gasteiger partial charge is 0.346 e. The van der Waals surface area contributed by atoms with Gasteiger partial charge in [-0.2, -0.15) is 74.6 Å². The number of para-hydroxylation sites is 5. The van der Waals surface area contributed by atoms with E-state index < -0.39 is 144 Å². The van der Waals surface area contributed by atoms with Crippen molar-refractivity contribution in [2.24, 2.45) is 17.8 Å². The second kappa shape index (κ2) is 46.3. The molecule has 748 valence electrons. The van der Waals surface area contributed by atoms with Gasteiger partial charge in [0.25, 0.3) is 29.5 Å². The van der Waals surface area contributed by atoms with Crippen LogP contribution in [0.3, 0.4) is 0 Å². The van der Waals surface area contributed by atoms with E-state index >= 15 is 0 Å². The Morgan fingerprint density at radius 1 is 0.293 bits per heavy atom. The van der Waals surface area contributed by atoms with E-state index in [1.165, 1.54) is 126 Å². The maximum atomic E-state index is 13.7. The fraction of sp³-hybridized carbons (Fsp3) is 0.423. The van der Waals surface area contributed by atoms with Gasteiger partial charge in [-0.1, -0.05) is 187 Å². The second-order valence-electron chi connectivity index (χ2n) is 38.2. The standard InChI is InChI=1S/C22H27F3N2O.C21H24F4N2O.C21H25F3N2O.C20H16F5N3O.C20H17F4N3O/c1-15-7-6-10-17-11-18(13-26-19(15)17)20(28)27-21(2,14-22(23,24)25)12-16-8-4-3-5-9-16;1-20(13-21(23,24)25,11-14-6-3-2-4-7-14)27-19(28)16-10-15-8-5-9-17(22)18(15)26-12-16;1-20(14-21(22,23)24,12-15-7-3-2-4-8-15)26-19(27)17-11-16-9-5-6-10-18(16)25-13-17;1-19(11-20(23,24)25,9-14-5-3-7-16(22)27-14)28-18(29)13-8-12-4-2-6-15(21)17(12)26-10-13;1-19(12-20(22,23)24,10-15-6-4-8-17(21)26-15)27-18(28)14-9-13-5-2-3-7-16(13)25-11-14/h6-7,10-11,13,16H,3-5,8-9,12,14H2,1-2H3,(H,27,28);5,8-10,12,14H,2-4,6-7,11,13H2,1H3,(H,27,28);5-6,9-11,13,15H,2-4,7-8,12,14H2,1H3,(H,26,27);2-8,10H,9,11H2,1H3,(H,28,29);2-9,11H,10,12H2,1H3,(H,27,28). The van der Waals surface area contributed by atoms with Crippen LogP contribution in [-0.4, -0.2) is 123 Å². The van der Waals surface area contributed by atoms with Crippen LogP contribution < -0.4 is 26.6 Å². The summed E-state index contributed by atoms with van der Waals surface area (Å²) < 4.78 is 252. The number of carbonyl (C=O) groups is 5. The molecule has 12 aromatic rings.